The molecule has 1 N–H and O–H groups in total. The molecule has 1 aromatic heterocycles. The number of hydrogen-bond donors (Lipinski definition) is 1. The summed E-state index contributed by atoms with van der Waals surface area (Å²) < 4.78 is 10.9. The summed E-state index contributed by atoms with van der Waals surface area (Å²) in [5, 5.41) is 11.8. The number of benzene rings is 1. The van der Waals surface area contributed by atoms with Gasteiger partial charge in [-0.1, -0.05) is 6.07 Å². The second kappa shape index (κ2) is 7.10. The summed E-state index contributed by atoms with van der Waals surface area (Å²) in [6.45, 7) is 2.52. The number of ether oxygens (including phenoxy) is 2. The fraction of sp³-hybridized carbons (Fsp3) is 0.267. The lowest BCUT2D eigenvalue weighted by atomic mass is 10.3. The van der Waals surface area contributed by atoms with Crippen molar-refractivity contribution >= 4 is 5.82 Å². The van der Waals surface area contributed by atoms with Crippen molar-refractivity contribution in [3.63, 3.8) is 0 Å². The van der Waals surface area contributed by atoms with Crippen LogP contribution >= 0.6 is 0 Å². The average molecular weight is 284 g/mol. The topological polar surface area (TPSA) is 80.1 Å². The van der Waals surface area contributed by atoms with Gasteiger partial charge in [-0.2, -0.15) is 5.26 Å². The van der Waals surface area contributed by atoms with E-state index in [0.29, 0.717) is 18.1 Å². The van der Waals surface area contributed by atoms with E-state index in [-0.39, 0.29) is 6.10 Å². The van der Waals surface area contributed by atoms with Crippen LogP contribution in [0.4, 0.5) is 5.82 Å². The molecule has 0 saturated carbocycles. The van der Waals surface area contributed by atoms with Crippen molar-refractivity contribution < 1.29 is 9.47 Å². The zero-order valence-electron chi connectivity index (χ0n) is 11.9. The van der Waals surface area contributed by atoms with Crippen molar-refractivity contribution in [2.45, 2.75) is 13.0 Å². The van der Waals surface area contributed by atoms with Crippen molar-refractivity contribution in [3.05, 3.63) is 42.4 Å². The number of anilines is 1. The first-order valence-electron chi connectivity index (χ1n) is 6.48. The number of hydrogen-bond acceptors (Lipinski definition) is 6. The third kappa shape index (κ3) is 4.35. The van der Waals surface area contributed by atoms with E-state index in [4.69, 9.17) is 14.7 Å². The summed E-state index contributed by atoms with van der Waals surface area (Å²) in [6.07, 6.45) is 2.89. The van der Waals surface area contributed by atoms with E-state index in [2.05, 4.69) is 15.3 Å². The molecule has 0 aliphatic heterocycles. The van der Waals surface area contributed by atoms with Crippen LogP contribution in [-0.2, 0) is 0 Å². The van der Waals surface area contributed by atoms with E-state index < -0.39 is 0 Å². The monoisotopic (exact) mass is 284 g/mol. The van der Waals surface area contributed by atoms with Gasteiger partial charge in [0.15, 0.2) is 5.69 Å². The molecule has 1 heterocycles. The average Bonchev–Trinajstić information content (AvgIpc) is 2.53. The molecule has 108 valence electrons. The van der Waals surface area contributed by atoms with Gasteiger partial charge in [0, 0.05) is 6.07 Å². The SMILES string of the molecule is COc1cccc(OC(C)CNc2cnc(C#N)cn2)c1. The predicted molar refractivity (Wildman–Crippen MR) is 78.3 cm³/mol. The molecule has 6 heteroatoms. The lowest BCUT2D eigenvalue weighted by molar-refractivity contribution is 0.233. The molecule has 0 amide bonds. The van der Waals surface area contributed by atoms with E-state index in [1.807, 2.05) is 37.3 Å². The maximum Gasteiger partial charge on any atom is 0.158 e. The summed E-state index contributed by atoms with van der Waals surface area (Å²) in [6, 6.07) is 9.37. The second-order valence-electron chi connectivity index (χ2n) is 4.39. The van der Waals surface area contributed by atoms with Crippen molar-refractivity contribution in [1.29, 1.82) is 5.26 Å². The Morgan fingerprint density at radius 2 is 2.10 bits per heavy atom. The summed E-state index contributed by atoms with van der Waals surface area (Å²) >= 11 is 0. The second-order valence-corrected chi connectivity index (χ2v) is 4.39. The van der Waals surface area contributed by atoms with Crippen molar-refractivity contribution in [3.8, 4) is 17.6 Å². The molecule has 21 heavy (non-hydrogen) atoms. The minimum absolute atomic E-state index is 0.0606. The third-order valence-electron chi connectivity index (χ3n) is 2.72. The largest absolute Gasteiger partial charge is 0.497 e. The van der Waals surface area contributed by atoms with Gasteiger partial charge in [0.05, 0.1) is 26.0 Å². The molecule has 6 nitrogen and oxygen atoms in total. The van der Waals surface area contributed by atoms with Crippen LogP contribution in [0.1, 0.15) is 12.6 Å². The summed E-state index contributed by atoms with van der Waals surface area (Å²) in [5.74, 6) is 2.11. The number of nitriles is 1. The van der Waals surface area contributed by atoms with Gasteiger partial charge in [-0.3, -0.25) is 0 Å². The third-order valence-corrected chi connectivity index (χ3v) is 2.72. The van der Waals surface area contributed by atoms with Crippen molar-refractivity contribution in [1.82, 2.24) is 9.97 Å². The van der Waals surface area contributed by atoms with Crippen LogP contribution < -0.4 is 14.8 Å². The fourth-order valence-corrected chi connectivity index (χ4v) is 1.67. The van der Waals surface area contributed by atoms with Crippen LogP contribution in [0.25, 0.3) is 0 Å². The molecule has 0 aliphatic rings. The number of aromatic nitrogens is 2. The summed E-state index contributed by atoms with van der Waals surface area (Å²) in [4.78, 5) is 8.02. The first-order valence-corrected chi connectivity index (χ1v) is 6.48. The first-order chi connectivity index (χ1) is 10.2. The Labute approximate surface area is 123 Å². The highest BCUT2D eigenvalue weighted by Crippen LogP contribution is 2.19. The van der Waals surface area contributed by atoms with E-state index in [1.54, 1.807) is 7.11 Å². The quantitative estimate of drug-likeness (QED) is 0.876. The molecule has 0 bridgehead atoms. The minimum Gasteiger partial charge on any atom is -0.497 e. The molecule has 0 aliphatic carbocycles. The van der Waals surface area contributed by atoms with Crippen LogP contribution in [-0.4, -0.2) is 29.7 Å². The van der Waals surface area contributed by atoms with Gasteiger partial charge in [-0.15, -0.1) is 0 Å². The normalized spacial score (nSPS) is 11.3. The van der Waals surface area contributed by atoms with Crippen LogP contribution in [0.15, 0.2) is 36.7 Å². The van der Waals surface area contributed by atoms with Crippen molar-refractivity contribution in [2.24, 2.45) is 0 Å². The fourth-order valence-electron chi connectivity index (χ4n) is 1.67. The Kier molecular flexibility index (Phi) is 4.94. The molecule has 1 aromatic carbocycles. The highest BCUT2D eigenvalue weighted by Gasteiger charge is 2.05. The molecule has 1 unspecified atom stereocenters. The van der Waals surface area contributed by atoms with Crippen LogP contribution in [0.3, 0.4) is 0 Å². The van der Waals surface area contributed by atoms with Gasteiger partial charge in [0.25, 0.3) is 0 Å². The van der Waals surface area contributed by atoms with Gasteiger partial charge in [-0.05, 0) is 19.1 Å². The molecule has 1 atom stereocenters. The standard InChI is InChI=1S/C15H16N4O2/c1-11(21-14-5-3-4-13(6-14)20-2)8-18-15-10-17-12(7-16)9-19-15/h3-6,9-11H,8H2,1-2H3,(H,18,19). The zero-order valence-corrected chi connectivity index (χ0v) is 11.9. The first kappa shape index (κ1) is 14.6. The Bertz CT molecular complexity index is 622. The summed E-state index contributed by atoms with van der Waals surface area (Å²) in [7, 11) is 1.62. The lowest BCUT2D eigenvalue weighted by Crippen LogP contribution is -2.23. The molecule has 2 rings (SSSR count). The summed E-state index contributed by atoms with van der Waals surface area (Å²) in [5.41, 5.74) is 0.293. The van der Waals surface area contributed by atoms with Crippen molar-refractivity contribution in [2.75, 3.05) is 19.0 Å². The highest BCUT2D eigenvalue weighted by molar-refractivity contribution is 5.34. The van der Waals surface area contributed by atoms with E-state index in [9.17, 15) is 0 Å². The molecular weight excluding hydrogens is 268 g/mol. The van der Waals surface area contributed by atoms with Gasteiger partial charge in [0.2, 0.25) is 0 Å². The Balaban J connectivity index is 1.86. The van der Waals surface area contributed by atoms with E-state index in [0.717, 1.165) is 11.5 Å². The molecule has 0 spiro atoms. The number of nitrogens with one attached hydrogen (secondary N) is 1. The van der Waals surface area contributed by atoms with Crippen LogP contribution in [0.2, 0.25) is 0 Å². The molecule has 2 aromatic rings. The van der Waals surface area contributed by atoms with Gasteiger partial charge in [-0.25, -0.2) is 9.97 Å². The van der Waals surface area contributed by atoms with Crippen LogP contribution in [0.5, 0.6) is 11.5 Å². The number of methoxy groups -OCH3 is 1. The lowest BCUT2D eigenvalue weighted by Gasteiger charge is -2.16. The molecule has 0 fully saturated rings. The maximum atomic E-state index is 8.65. The highest BCUT2D eigenvalue weighted by atomic mass is 16.5. The van der Waals surface area contributed by atoms with E-state index in [1.165, 1.54) is 12.4 Å². The smallest absolute Gasteiger partial charge is 0.158 e. The Hall–Kier alpha value is -2.81. The molecule has 0 radical (unpaired) electrons. The zero-order chi connectivity index (χ0) is 15.1. The minimum atomic E-state index is -0.0606. The number of rotatable bonds is 6. The number of nitrogens with zero attached hydrogens (tertiary/aromatic N) is 3. The Morgan fingerprint density at radius 3 is 2.76 bits per heavy atom. The van der Waals surface area contributed by atoms with Gasteiger partial charge in [0.1, 0.15) is 29.5 Å². The maximum absolute atomic E-state index is 8.65. The molecule has 0 saturated heterocycles. The van der Waals surface area contributed by atoms with Gasteiger partial charge < -0.3 is 14.8 Å². The predicted octanol–water partition coefficient (Wildman–Crippen LogP) is 2.24. The Morgan fingerprint density at radius 1 is 1.29 bits per heavy atom. The molecular formula is C15H16N4O2. The van der Waals surface area contributed by atoms with Crippen LogP contribution in [0, 0.1) is 11.3 Å². The van der Waals surface area contributed by atoms with Gasteiger partial charge >= 0.3 is 0 Å². The van der Waals surface area contributed by atoms with E-state index >= 15 is 0 Å².